The van der Waals surface area contributed by atoms with Gasteiger partial charge in [0.05, 0.1) is 30.4 Å². The molecule has 7 heteroatoms. The number of fused-ring (bicyclic) bond motifs is 3. The molecule has 0 aliphatic carbocycles. The first kappa shape index (κ1) is 23.5. The summed E-state index contributed by atoms with van der Waals surface area (Å²) in [4.78, 5) is 31.0. The molecule has 2 aromatic carbocycles. The van der Waals surface area contributed by atoms with E-state index in [4.69, 9.17) is 9.15 Å². The normalized spacial score (nSPS) is 14.2. The van der Waals surface area contributed by atoms with Crippen LogP contribution in [0.15, 0.2) is 89.7 Å². The lowest BCUT2D eigenvalue weighted by atomic mass is 10.0. The molecule has 0 saturated heterocycles. The van der Waals surface area contributed by atoms with E-state index in [1.165, 1.54) is 0 Å². The van der Waals surface area contributed by atoms with Crippen LogP contribution in [0.25, 0.3) is 5.69 Å². The topological polar surface area (TPSA) is 67.9 Å². The molecule has 2 aromatic heterocycles. The molecular weight excluding hydrogens is 454 g/mol. The van der Waals surface area contributed by atoms with E-state index >= 15 is 0 Å². The molecular formula is C29H29N3O4. The molecule has 2 amide bonds. The largest absolute Gasteiger partial charge is 0.497 e. The zero-order chi connectivity index (χ0) is 25.1. The predicted octanol–water partition coefficient (Wildman–Crippen LogP) is 5.46. The Morgan fingerprint density at radius 1 is 1.00 bits per heavy atom. The lowest BCUT2D eigenvalue weighted by Crippen LogP contribution is -2.47. The monoisotopic (exact) mass is 483 g/mol. The van der Waals surface area contributed by atoms with Gasteiger partial charge in [-0.05, 0) is 61.0 Å². The van der Waals surface area contributed by atoms with Crippen LogP contribution in [0.2, 0.25) is 0 Å². The first-order valence-corrected chi connectivity index (χ1v) is 12.2. The average Bonchev–Trinajstić information content (AvgIpc) is 3.62. The number of carbonyl (C=O) groups is 2. The third kappa shape index (κ3) is 4.28. The highest BCUT2D eigenvalue weighted by Crippen LogP contribution is 2.42. The van der Waals surface area contributed by atoms with Crippen LogP contribution < -0.4 is 9.64 Å². The summed E-state index contributed by atoms with van der Waals surface area (Å²) >= 11 is 0. The van der Waals surface area contributed by atoms with Gasteiger partial charge < -0.3 is 18.6 Å². The van der Waals surface area contributed by atoms with Gasteiger partial charge in [0.25, 0.3) is 5.91 Å². The van der Waals surface area contributed by atoms with E-state index in [9.17, 15) is 9.59 Å². The summed E-state index contributed by atoms with van der Waals surface area (Å²) in [6.45, 7) is 2.50. The minimum Gasteiger partial charge on any atom is -0.497 e. The lowest BCUT2D eigenvalue weighted by molar-refractivity contribution is -0.119. The molecule has 1 unspecified atom stereocenters. The van der Waals surface area contributed by atoms with Crippen molar-refractivity contribution < 1.29 is 18.7 Å². The molecule has 0 saturated carbocycles. The maximum Gasteiger partial charge on any atom is 0.254 e. The summed E-state index contributed by atoms with van der Waals surface area (Å²) in [5, 5.41) is 0. The van der Waals surface area contributed by atoms with E-state index in [2.05, 4.69) is 11.5 Å². The minimum absolute atomic E-state index is 0.0533. The first-order chi connectivity index (χ1) is 17.6. The average molecular weight is 484 g/mol. The molecule has 0 fully saturated rings. The lowest BCUT2D eigenvalue weighted by Gasteiger charge is -2.38. The van der Waals surface area contributed by atoms with Gasteiger partial charge in [0.1, 0.15) is 24.1 Å². The van der Waals surface area contributed by atoms with Gasteiger partial charge in [-0.2, -0.15) is 0 Å². The number of para-hydroxylation sites is 2. The van der Waals surface area contributed by atoms with E-state index in [0.29, 0.717) is 23.6 Å². The van der Waals surface area contributed by atoms with Crippen LogP contribution in [-0.4, -0.2) is 41.5 Å². The van der Waals surface area contributed by atoms with Crippen molar-refractivity contribution in [3.05, 3.63) is 102 Å². The highest BCUT2D eigenvalue weighted by molar-refractivity contribution is 6.02. The summed E-state index contributed by atoms with van der Waals surface area (Å²) < 4.78 is 13.2. The molecule has 0 bridgehead atoms. The van der Waals surface area contributed by atoms with Gasteiger partial charge in [0.2, 0.25) is 5.91 Å². The summed E-state index contributed by atoms with van der Waals surface area (Å²) in [5.74, 6) is 0.894. The number of furan rings is 1. The molecule has 1 aliphatic heterocycles. The Labute approximate surface area is 210 Å². The Morgan fingerprint density at radius 2 is 1.83 bits per heavy atom. The number of rotatable bonds is 8. The van der Waals surface area contributed by atoms with Crippen molar-refractivity contribution in [1.82, 2.24) is 9.47 Å². The Hall–Kier alpha value is -4.26. The molecule has 184 valence electrons. The van der Waals surface area contributed by atoms with Gasteiger partial charge in [-0.25, -0.2) is 0 Å². The molecule has 7 nitrogen and oxygen atoms in total. The number of amides is 2. The highest BCUT2D eigenvalue weighted by atomic mass is 16.5. The second kappa shape index (κ2) is 10.2. The number of hydrogen-bond acceptors (Lipinski definition) is 4. The number of benzene rings is 2. The van der Waals surface area contributed by atoms with E-state index in [1.807, 2.05) is 54.7 Å². The van der Waals surface area contributed by atoms with Crippen molar-refractivity contribution in [1.29, 1.82) is 0 Å². The highest BCUT2D eigenvalue weighted by Gasteiger charge is 2.38. The molecule has 36 heavy (non-hydrogen) atoms. The fourth-order valence-corrected chi connectivity index (χ4v) is 4.76. The maximum atomic E-state index is 14.1. The van der Waals surface area contributed by atoms with Crippen molar-refractivity contribution in [2.45, 2.75) is 25.8 Å². The van der Waals surface area contributed by atoms with Crippen molar-refractivity contribution >= 4 is 17.5 Å². The molecule has 0 spiro atoms. The molecule has 1 aliphatic rings. The van der Waals surface area contributed by atoms with Crippen LogP contribution in [-0.2, 0) is 4.79 Å². The Morgan fingerprint density at radius 3 is 2.58 bits per heavy atom. The van der Waals surface area contributed by atoms with E-state index < -0.39 is 6.04 Å². The molecule has 1 atom stereocenters. The smallest absolute Gasteiger partial charge is 0.254 e. The number of carbonyl (C=O) groups excluding carboxylic acids is 2. The summed E-state index contributed by atoms with van der Waals surface area (Å²) in [6, 6.07) is 22.1. The standard InChI is InChI=1S/C29H29N3O4/c1-3-4-16-30(29(34)21-10-7-11-22(19-21)35-2)20-27(33)32-24-13-6-5-12-23(24)31-17-8-14-25(31)28(32)26-15-9-18-36-26/h5-15,17-19,28H,3-4,16,20H2,1-2H3. The molecule has 3 heterocycles. The molecule has 5 rings (SSSR count). The summed E-state index contributed by atoms with van der Waals surface area (Å²) in [5.41, 5.74) is 3.11. The quantitative estimate of drug-likeness (QED) is 0.334. The number of nitrogens with zero attached hydrogens (tertiary/aromatic N) is 3. The fraction of sp³-hybridized carbons (Fsp3) is 0.241. The second-order valence-electron chi connectivity index (χ2n) is 8.79. The first-order valence-electron chi connectivity index (χ1n) is 12.2. The Bertz CT molecular complexity index is 1360. The van der Waals surface area contributed by atoms with Gasteiger partial charge in [-0.1, -0.05) is 31.5 Å². The van der Waals surface area contributed by atoms with Crippen molar-refractivity contribution in [3.8, 4) is 11.4 Å². The van der Waals surface area contributed by atoms with Gasteiger partial charge >= 0.3 is 0 Å². The third-order valence-electron chi connectivity index (χ3n) is 6.51. The predicted molar refractivity (Wildman–Crippen MR) is 138 cm³/mol. The van der Waals surface area contributed by atoms with Crippen LogP contribution in [0.5, 0.6) is 5.75 Å². The zero-order valence-electron chi connectivity index (χ0n) is 20.5. The Balaban J connectivity index is 1.52. The van der Waals surface area contributed by atoms with Crippen LogP contribution in [0.3, 0.4) is 0 Å². The number of hydrogen-bond donors (Lipinski definition) is 0. The SMILES string of the molecule is CCCCN(CC(=O)N1c2ccccc2-n2cccc2C1c1ccco1)C(=O)c1cccc(OC)c1. The van der Waals surface area contributed by atoms with Crippen LogP contribution >= 0.6 is 0 Å². The van der Waals surface area contributed by atoms with E-state index in [-0.39, 0.29) is 18.4 Å². The van der Waals surface area contributed by atoms with Crippen LogP contribution in [0.1, 0.15) is 47.6 Å². The third-order valence-corrected chi connectivity index (χ3v) is 6.51. The van der Waals surface area contributed by atoms with Crippen molar-refractivity contribution in [2.75, 3.05) is 25.1 Å². The molecule has 0 radical (unpaired) electrons. The maximum absolute atomic E-state index is 14.1. The van der Waals surface area contributed by atoms with Gasteiger partial charge in [0.15, 0.2) is 0 Å². The number of methoxy groups -OCH3 is 1. The van der Waals surface area contributed by atoms with Crippen LogP contribution in [0.4, 0.5) is 5.69 Å². The second-order valence-corrected chi connectivity index (χ2v) is 8.79. The van der Waals surface area contributed by atoms with Gasteiger partial charge in [-0.3, -0.25) is 14.5 Å². The van der Waals surface area contributed by atoms with Crippen LogP contribution in [0, 0.1) is 0 Å². The Kier molecular flexibility index (Phi) is 6.62. The number of unbranched alkanes of at least 4 members (excludes halogenated alkanes) is 1. The van der Waals surface area contributed by atoms with E-state index in [1.54, 1.807) is 47.4 Å². The summed E-state index contributed by atoms with van der Waals surface area (Å²) in [7, 11) is 1.57. The zero-order valence-corrected chi connectivity index (χ0v) is 20.5. The number of ether oxygens (including phenoxy) is 1. The van der Waals surface area contributed by atoms with Gasteiger partial charge in [0, 0.05) is 18.3 Å². The summed E-state index contributed by atoms with van der Waals surface area (Å²) in [6.07, 6.45) is 5.31. The number of aromatic nitrogens is 1. The van der Waals surface area contributed by atoms with Crippen molar-refractivity contribution in [2.24, 2.45) is 0 Å². The molecule has 0 N–H and O–H groups in total. The minimum atomic E-state index is -0.447. The van der Waals surface area contributed by atoms with Gasteiger partial charge in [-0.15, -0.1) is 0 Å². The molecule has 4 aromatic rings. The fourth-order valence-electron chi connectivity index (χ4n) is 4.76. The number of anilines is 1. The van der Waals surface area contributed by atoms with Crippen molar-refractivity contribution in [3.63, 3.8) is 0 Å². The van der Waals surface area contributed by atoms with E-state index in [0.717, 1.165) is 29.9 Å².